The number of esters is 2. The molecule has 2 saturated carbocycles. The lowest BCUT2D eigenvalue weighted by Crippen LogP contribution is -2.45. The van der Waals surface area contributed by atoms with Gasteiger partial charge in [0.05, 0.1) is 13.7 Å². The number of methoxy groups -OCH3 is 1. The molecule has 0 N–H and O–H groups in total. The molecular formula is C12H18O4. The van der Waals surface area contributed by atoms with E-state index in [0.29, 0.717) is 18.9 Å². The summed E-state index contributed by atoms with van der Waals surface area (Å²) in [5.41, 5.74) is -0.992. The largest absolute Gasteiger partial charge is 0.468 e. The zero-order chi connectivity index (χ0) is 11.8. The van der Waals surface area contributed by atoms with E-state index in [1.807, 2.05) is 0 Å². The van der Waals surface area contributed by atoms with Gasteiger partial charge in [-0.2, -0.15) is 0 Å². The number of rotatable bonds is 3. The van der Waals surface area contributed by atoms with E-state index in [0.717, 1.165) is 19.3 Å². The van der Waals surface area contributed by atoms with Crippen molar-refractivity contribution in [3.05, 3.63) is 0 Å². The maximum absolute atomic E-state index is 12.0. The molecule has 2 rings (SSSR count). The second-order valence-corrected chi connectivity index (χ2v) is 4.76. The summed E-state index contributed by atoms with van der Waals surface area (Å²) in [5, 5.41) is 0. The van der Waals surface area contributed by atoms with E-state index in [4.69, 9.17) is 9.47 Å². The highest BCUT2D eigenvalue weighted by atomic mass is 16.6. The summed E-state index contributed by atoms with van der Waals surface area (Å²) in [4.78, 5) is 24.0. The molecule has 3 unspecified atom stereocenters. The van der Waals surface area contributed by atoms with Crippen LogP contribution in [0.2, 0.25) is 0 Å². The fourth-order valence-electron chi connectivity index (χ4n) is 3.36. The average Bonchev–Trinajstić information content (AvgIpc) is 2.88. The predicted molar refractivity (Wildman–Crippen MR) is 56.5 cm³/mol. The lowest BCUT2D eigenvalue weighted by atomic mass is 9.73. The van der Waals surface area contributed by atoms with Crippen LogP contribution >= 0.6 is 0 Å². The summed E-state index contributed by atoms with van der Waals surface area (Å²) in [5.74, 6) is -0.162. The molecule has 0 heterocycles. The Labute approximate surface area is 95.3 Å². The molecule has 0 aromatic rings. The van der Waals surface area contributed by atoms with Gasteiger partial charge in [-0.25, -0.2) is 0 Å². The molecule has 0 aromatic heterocycles. The molecule has 2 bridgehead atoms. The summed E-state index contributed by atoms with van der Waals surface area (Å²) in [6, 6.07) is 0. The van der Waals surface area contributed by atoms with E-state index in [1.165, 1.54) is 7.11 Å². The summed E-state index contributed by atoms with van der Waals surface area (Å²) >= 11 is 0. The van der Waals surface area contributed by atoms with Gasteiger partial charge in [0.2, 0.25) is 0 Å². The molecule has 0 amide bonds. The van der Waals surface area contributed by atoms with Crippen molar-refractivity contribution in [1.29, 1.82) is 0 Å². The van der Waals surface area contributed by atoms with Gasteiger partial charge in [-0.05, 0) is 38.0 Å². The van der Waals surface area contributed by atoms with E-state index < -0.39 is 11.4 Å². The minimum Gasteiger partial charge on any atom is -0.468 e. The second kappa shape index (κ2) is 4.07. The third-order valence-corrected chi connectivity index (χ3v) is 4.04. The lowest BCUT2D eigenvalue weighted by molar-refractivity contribution is -0.175. The molecule has 4 heteroatoms. The van der Waals surface area contributed by atoms with Crippen molar-refractivity contribution in [3.63, 3.8) is 0 Å². The van der Waals surface area contributed by atoms with Crippen molar-refractivity contribution < 1.29 is 19.1 Å². The summed E-state index contributed by atoms with van der Waals surface area (Å²) in [6.07, 6.45) is 3.65. The first-order valence-corrected chi connectivity index (χ1v) is 5.90. The Morgan fingerprint density at radius 2 is 2.06 bits per heavy atom. The van der Waals surface area contributed by atoms with Gasteiger partial charge in [0.25, 0.3) is 0 Å². The first kappa shape index (κ1) is 11.4. The van der Waals surface area contributed by atoms with Gasteiger partial charge in [-0.15, -0.1) is 0 Å². The van der Waals surface area contributed by atoms with E-state index in [-0.39, 0.29) is 11.9 Å². The van der Waals surface area contributed by atoms with Crippen LogP contribution in [0.15, 0.2) is 0 Å². The molecule has 0 radical (unpaired) electrons. The predicted octanol–water partition coefficient (Wildman–Crippen LogP) is 1.53. The van der Waals surface area contributed by atoms with Gasteiger partial charge in [0.15, 0.2) is 5.41 Å². The summed E-state index contributed by atoms with van der Waals surface area (Å²) in [7, 11) is 1.34. The van der Waals surface area contributed by atoms with Gasteiger partial charge in [0.1, 0.15) is 0 Å². The van der Waals surface area contributed by atoms with E-state index in [9.17, 15) is 9.59 Å². The first-order valence-electron chi connectivity index (χ1n) is 5.90. The Hall–Kier alpha value is -1.06. The number of fused-ring (bicyclic) bond motifs is 2. The summed E-state index contributed by atoms with van der Waals surface area (Å²) in [6.45, 7) is 2.07. The average molecular weight is 226 g/mol. The number of hydrogen-bond donors (Lipinski definition) is 0. The van der Waals surface area contributed by atoms with Gasteiger partial charge in [-0.1, -0.05) is 6.42 Å². The SMILES string of the molecule is CCOC(=O)C1(C(=O)OC)CC2CCC1C2. The van der Waals surface area contributed by atoms with Gasteiger partial charge in [-0.3, -0.25) is 9.59 Å². The smallest absolute Gasteiger partial charge is 0.323 e. The molecule has 0 saturated heterocycles. The molecule has 90 valence electrons. The molecular weight excluding hydrogens is 208 g/mol. The minimum absolute atomic E-state index is 0.129. The molecule has 0 aromatic carbocycles. The molecule has 4 nitrogen and oxygen atoms in total. The van der Waals surface area contributed by atoms with Crippen LogP contribution in [0.5, 0.6) is 0 Å². The molecule has 2 fully saturated rings. The first-order chi connectivity index (χ1) is 7.65. The lowest BCUT2D eigenvalue weighted by Gasteiger charge is -2.32. The summed E-state index contributed by atoms with van der Waals surface area (Å²) < 4.78 is 9.88. The van der Waals surface area contributed by atoms with Crippen LogP contribution in [0.4, 0.5) is 0 Å². The fourth-order valence-corrected chi connectivity index (χ4v) is 3.36. The van der Waals surface area contributed by atoms with Crippen LogP contribution in [-0.4, -0.2) is 25.7 Å². The quantitative estimate of drug-likeness (QED) is 0.541. The molecule has 16 heavy (non-hydrogen) atoms. The third kappa shape index (κ3) is 1.43. The normalized spacial score (nSPS) is 36.1. The van der Waals surface area contributed by atoms with E-state index in [1.54, 1.807) is 6.92 Å². The Morgan fingerprint density at radius 1 is 1.31 bits per heavy atom. The van der Waals surface area contributed by atoms with Crippen molar-refractivity contribution >= 4 is 11.9 Å². The Morgan fingerprint density at radius 3 is 2.50 bits per heavy atom. The van der Waals surface area contributed by atoms with Crippen molar-refractivity contribution in [1.82, 2.24) is 0 Å². The maximum atomic E-state index is 12.0. The van der Waals surface area contributed by atoms with Crippen molar-refractivity contribution in [2.75, 3.05) is 13.7 Å². The van der Waals surface area contributed by atoms with Gasteiger partial charge < -0.3 is 9.47 Å². The van der Waals surface area contributed by atoms with Crippen LogP contribution in [0.3, 0.4) is 0 Å². The highest BCUT2D eigenvalue weighted by Crippen LogP contribution is 2.57. The minimum atomic E-state index is -0.992. The molecule has 3 atom stereocenters. The second-order valence-electron chi connectivity index (χ2n) is 4.76. The molecule has 2 aliphatic carbocycles. The van der Waals surface area contributed by atoms with Gasteiger partial charge in [0, 0.05) is 0 Å². The molecule has 2 aliphatic rings. The monoisotopic (exact) mass is 226 g/mol. The maximum Gasteiger partial charge on any atom is 0.323 e. The topological polar surface area (TPSA) is 52.6 Å². The molecule has 0 aliphatic heterocycles. The highest BCUT2D eigenvalue weighted by Gasteiger charge is 2.62. The number of carbonyl (C=O) groups is 2. The van der Waals surface area contributed by atoms with Crippen molar-refractivity contribution in [3.8, 4) is 0 Å². The van der Waals surface area contributed by atoms with Crippen LogP contribution < -0.4 is 0 Å². The Bertz CT molecular complexity index is 312. The number of carbonyl (C=O) groups excluding carboxylic acids is 2. The number of ether oxygens (including phenoxy) is 2. The van der Waals surface area contributed by atoms with Crippen molar-refractivity contribution in [2.45, 2.75) is 32.6 Å². The fraction of sp³-hybridized carbons (Fsp3) is 0.833. The number of hydrogen-bond acceptors (Lipinski definition) is 4. The van der Waals surface area contributed by atoms with Gasteiger partial charge >= 0.3 is 11.9 Å². The Balaban J connectivity index is 2.27. The molecule has 0 spiro atoms. The van der Waals surface area contributed by atoms with Crippen LogP contribution in [0.1, 0.15) is 32.6 Å². The zero-order valence-corrected chi connectivity index (χ0v) is 9.82. The van der Waals surface area contributed by atoms with Crippen LogP contribution in [-0.2, 0) is 19.1 Å². The van der Waals surface area contributed by atoms with E-state index in [2.05, 4.69) is 0 Å². The third-order valence-electron chi connectivity index (χ3n) is 4.04. The highest BCUT2D eigenvalue weighted by molar-refractivity contribution is 6.01. The van der Waals surface area contributed by atoms with Crippen LogP contribution in [0.25, 0.3) is 0 Å². The van der Waals surface area contributed by atoms with E-state index >= 15 is 0 Å². The van der Waals surface area contributed by atoms with Crippen molar-refractivity contribution in [2.24, 2.45) is 17.3 Å². The zero-order valence-electron chi connectivity index (χ0n) is 9.82. The standard InChI is InChI=1S/C12H18O4/c1-3-16-11(14)12(10(13)15-2)7-8-4-5-9(12)6-8/h8-9H,3-7H2,1-2H3. The van der Waals surface area contributed by atoms with Crippen LogP contribution in [0, 0.1) is 17.3 Å². The Kier molecular flexibility index (Phi) is 2.91.